The Bertz CT molecular complexity index is 461. The Morgan fingerprint density at radius 3 is 2.80 bits per heavy atom. The molecule has 2 heterocycles. The van der Waals surface area contributed by atoms with Crippen LogP contribution in [0.5, 0.6) is 0 Å². The van der Waals surface area contributed by atoms with E-state index in [4.69, 9.17) is 11.6 Å². The second-order valence-corrected chi connectivity index (χ2v) is 3.59. The van der Waals surface area contributed by atoms with Gasteiger partial charge in [0, 0.05) is 31.5 Å². The molecular formula is C10H13ClN4. The number of fused-ring (bicyclic) bond motifs is 1. The quantitative estimate of drug-likeness (QED) is 0.750. The summed E-state index contributed by atoms with van der Waals surface area (Å²) < 4.78 is 1.76. The molecule has 0 aromatic carbocycles. The van der Waals surface area contributed by atoms with Crippen molar-refractivity contribution in [1.29, 1.82) is 0 Å². The van der Waals surface area contributed by atoms with Gasteiger partial charge < -0.3 is 4.90 Å². The third kappa shape index (κ3) is 1.77. The summed E-state index contributed by atoms with van der Waals surface area (Å²) in [6.07, 6.45) is 3.50. The number of imidazole rings is 1. The van der Waals surface area contributed by atoms with Gasteiger partial charge in [0.25, 0.3) is 0 Å². The third-order valence-corrected chi connectivity index (χ3v) is 2.69. The fraction of sp³-hybridized carbons (Fsp3) is 0.400. The maximum atomic E-state index is 6.12. The molecule has 2 rings (SSSR count). The topological polar surface area (TPSA) is 33.4 Å². The highest BCUT2D eigenvalue weighted by Gasteiger charge is 2.08. The van der Waals surface area contributed by atoms with Crippen LogP contribution in [0.4, 0.5) is 5.82 Å². The highest BCUT2D eigenvalue weighted by molar-refractivity contribution is 6.30. The molecule has 0 saturated heterocycles. The van der Waals surface area contributed by atoms with Gasteiger partial charge in [-0.25, -0.2) is 4.98 Å². The second-order valence-electron chi connectivity index (χ2n) is 3.21. The molecule has 15 heavy (non-hydrogen) atoms. The van der Waals surface area contributed by atoms with E-state index in [1.54, 1.807) is 16.8 Å². The van der Waals surface area contributed by atoms with Crippen LogP contribution >= 0.6 is 11.6 Å². The normalized spacial score (nSPS) is 10.9. The lowest BCUT2D eigenvalue weighted by atomic mass is 10.4. The molecule has 0 spiro atoms. The minimum atomic E-state index is 0.638. The number of hydrogen-bond donors (Lipinski definition) is 0. The van der Waals surface area contributed by atoms with E-state index in [2.05, 4.69) is 28.7 Å². The van der Waals surface area contributed by atoms with E-state index in [1.165, 1.54) is 0 Å². The van der Waals surface area contributed by atoms with Crippen molar-refractivity contribution in [2.45, 2.75) is 13.8 Å². The molecule has 0 aliphatic carbocycles. The number of halogens is 1. The predicted octanol–water partition coefficient (Wildman–Crippen LogP) is 2.23. The predicted molar refractivity (Wildman–Crippen MR) is 61.6 cm³/mol. The van der Waals surface area contributed by atoms with Gasteiger partial charge in [0.2, 0.25) is 5.78 Å². The summed E-state index contributed by atoms with van der Waals surface area (Å²) >= 11 is 6.12. The number of aromatic nitrogens is 3. The molecule has 80 valence electrons. The summed E-state index contributed by atoms with van der Waals surface area (Å²) in [5.41, 5.74) is 0. The van der Waals surface area contributed by atoms with E-state index in [9.17, 15) is 0 Å². The Kier molecular flexibility index (Phi) is 2.77. The van der Waals surface area contributed by atoms with Gasteiger partial charge in [-0.3, -0.25) is 4.40 Å². The van der Waals surface area contributed by atoms with Crippen molar-refractivity contribution in [1.82, 2.24) is 14.4 Å². The van der Waals surface area contributed by atoms with Crippen LogP contribution in [0, 0.1) is 0 Å². The Balaban J connectivity index is 2.52. The van der Waals surface area contributed by atoms with Gasteiger partial charge in [0.1, 0.15) is 11.0 Å². The molecule has 0 saturated carbocycles. The van der Waals surface area contributed by atoms with Gasteiger partial charge in [-0.15, -0.1) is 0 Å². The Morgan fingerprint density at radius 2 is 2.13 bits per heavy atom. The molecule has 0 aliphatic rings. The lowest BCUT2D eigenvalue weighted by Crippen LogP contribution is -2.23. The van der Waals surface area contributed by atoms with Crippen LogP contribution in [0.15, 0.2) is 18.5 Å². The van der Waals surface area contributed by atoms with Crippen LogP contribution in [0.3, 0.4) is 0 Å². The number of hydrogen-bond acceptors (Lipinski definition) is 3. The lowest BCUT2D eigenvalue weighted by Gasteiger charge is -2.19. The van der Waals surface area contributed by atoms with Crippen molar-refractivity contribution >= 4 is 23.2 Å². The molecule has 0 unspecified atom stereocenters. The number of rotatable bonds is 3. The highest BCUT2D eigenvalue weighted by atomic mass is 35.5. The molecule has 0 bridgehead atoms. The van der Waals surface area contributed by atoms with Crippen molar-refractivity contribution in [3.8, 4) is 0 Å². The maximum Gasteiger partial charge on any atom is 0.236 e. The van der Waals surface area contributed by atoms with E-state index in [0.29, 0.717) is 10.9 Å². The zero-order valence-corrected chi connectivity index (χ0v) is 9.57. The van der Waals surface area contributed by atoms with Crippen LogP contribution in [-0.4, -0.2) is 27.5 Å². The minimum Gasteiger partial charge on any atom is -0.357 e. The van der Waals surface area contributed by atoms with Gasteiger partial charge >= 0.3 is 0 Å². The first kappa shape index (κ1) is 10.2. The van der Waals surface area contributed by atoms with Crippen molar-refractivity contribution in [2.75, 3.05) is 18.0 Å². The van der Waals surface area contributed by atoms with E-state index >= 15 is 0 Å². The fourth-order valence-electron chi connectivity index (χ4n) is 1.57. The van der Waals surface area contributed by atoms with E-state index < -0.39 is 0 Å². The molecule has 5 heteroatoms. The smallest absolute Gasteiger partial charge is 0.236 e. The van der Waals surface area contributed by atoms with Gasteiger partial charge in [0.15, 0.2) is 0 Å². The summed E-state index contributed by atoms with van der Waals surface area (Å²) in [4.78, 5) is 10.7. The first-order valence-electron chi connectivity index (χ1n) is 5.00. The van der Waals surface area contributed by atoms with Crippen LogP contribution in [0.1, 0.15) is 13.8 Å². The summed E-state index contributed by atoms with van der Waals surface area (Å²) in [6.45, 7) is 6.01. The lowest BCUT2D eigenvalue weighted by molar-refractivity contribution is 0.843. The fourth-order valence-corrected chi connectivity index (χ4v) is 1.79. The van der Waals surface area contributed by atoms with Gasteiger partial charge in [0.05, 0.1) is 0 Å². The van der Waals surface area contributed by atoms with Crippen molar-refractivity contribution in [3.05, 3.63) is 23.6 Å². The summed E-state index contributed by atoms with van der Waals surface area (Å²) in [5, 5.41) is 0.638. The molecule has 2 aromatic heterocycles. The number of nitrogens with zero attached hydrogens (tertiary/aromatic N) is 4. The molecule has 0 amide bonds. The standard InChI is InChI=1S/C10H13ClN4/c1-3-14(4-2)9-7-8(11)15-6-5-12-10(15)13-9/h5-7H,3-4H2,1-2H3. The Labute approximate surface area is 93.5 Å². The molecule has 4 nitrogen and oxygen atoms in total. The molecule has 0 aliphatic heterocycles. The van der Waals surface area contributed by atoms with Crippen LogP contribution in [0.25, 0.3) is 5.78 Å². The van der Waals surface area contributed by atoms with Crippen LogP contribution < -0.4 is 4.90 Å². The van der Waals surface area contributed by atoms with Crippen molar-refractivity contribution in [2.24, 2.45) is 0 Å². The van der Waals surface area contributed by atoms with Gasteiger partial charge in [-0.05, 0) is 13.8 Å². The average Bonchev–Trinajstić information content (AvgIpc) is 2.68. The van der Waals surface area contributed by atoms with E-state index in [-0.39, 0.29) is 0 Å². The van der Waals surface area contributed by atoms with Crippen LogP contribution in [-0.2, 0) is 0 Å². The molecule has 0 N–H and O–H groups in total. The van der Waals surface area contributed by atoms with Gasteiger partial charge in [-0.1, -0.05) is 11.6 Å². The van der Waals surface area contributed by atoms with E-state index in [1.807, 2.05) is 6.07 Å². The average molecular weight is 225 g/mol. The van der Waals surface area contributed by atoms with Crippen LogP contribution in [0.2, 0.25) is 5.15 Å². The van der Waals surface area contributed by atoms with Crippen molar-refractivity contribution < 1.29 is 0 Å². The summed E-state index contributed by atoms with van der Waals surface area (Å²) in [6, 6.07) is 1.86. The zero-order valence-electron chi connectivity index (χ0n) is 8.81. The highest BCUT2D eigenvalue weighted by Crippen LogP contribution is 2.18. The third-order valence-electron chi connectivity index (χ3n) is 2.40. The minimum absolute atomic E-state index is 0.638. The van der Waals surface area contributed by atoms with Crippen molar-refractivity contribution in [3.63, 3.8) is 0 Å². The summed E-state index contributed by atoms with van der Waals surface area (Å²) in [5.74, 6) is 1.52. The number of anilines is 1. The van der Waals surface area contributed by atoms with Gasteiger partial charge in [-0.2, -0.15) is 4.98 Å². The Morgan fingerprint density at radius 1 is 1.40 bits per heavy atom. The maximum absolute atomic E-state index is 6.12. The van der Waals surface area contributed by atoms with E-state index in [0.717, 1.165) is 18.9 Å². The monoisotopic (exact) mass is 224 g/mol. The first-order chi connectivity index (χ1) is 7.26. The molecule has 0 fully saturated rings. The molecular weight excluding hydrogens is 212 g/mol. The SMILES string of the molecule is CCN(CC)c1cc(Cl)n2ccnc2n1. The first-order valence-corrected chi connectivity index (χ1v) is 5.38. The Hall–Kier alpha value is -1.29. The molecule has 2 aromatic rings. The molecule has 0 radical (unpaired) electrons. The second kappa shape index (κ2) is 4.06. The largest absolute Gasteiger partial charge is 0.357 e. The summed E-state index contributed by atoms with van der Waals surface area (Å²) in [7, 11) is 0. The molecule has 0 atom stereocenters. The zero-order chi connectivity index (χ0) is 10.8.